The van der Waals surface area contributed by atoms with Crippen LogP contribution in [-0.4, -0.2) is 69.5 Å². The molecule has 11 heteroatoms. The van der Waals surface area contributed by atoms with Gasteiger partial charge in [-0.25, -0.2) is 15.0 Å². The molecule has 4 atom stereocenters. The topological polar surface area (TPSA) is 157 Å². The van der Waals surface area contributed by atoms with Gasteiger partial charge in [-0.05, 0) is 11.6 Å². The van der Waals surface area contributed by atoms with Gasteiger partial charge in [0.25, 0.3) is 0 Å². The van der Waals surface area contributed by atoms with Gasteiger partial charge >= 0.3 is 0 Å². The molecular formula is C20H21N7O4. The van der Waals surface area contributed by atoms with Crippen LogP contribution in [-0.2, 0) is 11.3 Å². The first-order valence-corrected chi connectivity index (χ1v) is 9.75. The minimum Gasteiger partial charge on any atom is -0.394 e. The predicted octanol–water partition coefficient (Wildman–Crippen LogP) is -0.0682. The van der Waals surface area contributed by atoms with Crippen LogP contribution in [0, 0.1) is 0 Å². The second kappa shape index (κ2) is 7.71. The van der Waals surface area contributed by atoms with E-state index in [-0.39, 0.29) is 5.82 Å². The number of nitrogens with zero attached hydrogens (tertiary/aromatic N) is 6. The standard InChI is InChI=1S/C20H21N7O4/c21-17-14-19(27(10-22-14)20-16(30)15(29)13(9-28)31-20)24-18(23-17)12-6-7-26(25-12)8-11-4-2-1-3-5-11/h1-7,10,13,15-16,20,28-30H,8-9H2,(H2,21,23,24)/t13-,15-,16-,20-/m1/s1. The van der Waals surface area contributed by atoms with Crippen molar-refractivity contribution in [1.29, 1.82) is 0 Å². The number of ether oxygens (including phenoxy) is 1. The summed E-state index contributed by atoms with van der Waals surface area (Å²) in [6, 6.07) is 11.7. The van der Waals surface area contributed by atoms with E-state index in [4.69, 9.17) is 10.5 Å². The maximum Gasteiger partial charge on any atom is 0.184 e. The minimum absolute atomic E-state index is 0.156. The Hall–Kier alpha value is -3.38. The molecule has 0 aliphatic carbocycles. The van der Waals surface area contributed by atoms with Crippen molar-refractivity contribution >= 4 is 17.0 Å². The van der Waals surface area contributed by atoms with Crippen LogP contribution in [0.3, 0.4) is 0 Å². The van der Waals surface area contributed by atoms with Gasteiger partial charge in [0.05, 0.1) is 19.5 Å². The molecule has 11 nitrogen and oxygen atoms in total. The van der Waals surface area contributed by atoms with Crippen LogP contribution in [0.1, 0.15) is 11.8 Å². The lowest BCUT2D eigenvalue weighted by atomic mass is 10.1. The highest BCUT2D eigenvalue weighted by molar-refractivity contribution is 5.83. The summed E-state index contributed by atoms with van der Waals surface area (Å²) in [5.41, 5.74) is 8.40. The summed E-state index contributed by atoms with van der Waals surface area (Å²) in [6.07, 6.45) is -1.15. The van der Waals surface area contributed by atoms with Crippen LogP contribution in [0.25, 0.3) is 22.7 Å². The van der Waals surface area contributed by atoms with Crippen molar-refractivity contribution in [2.24, 2.45) is 0 Å². The smallest absolute Gasteiger partial charge is 0.184 e. The molecule has 0 radical (unpaired) electrons. The lowest BCUT2D eigenvalue weighted by Gasteiger charge is -2.16. The first-order chi connectivity index (χ1) is 15.0. The quantitative estimate of drug-likeness (QED) is 0.345. The number of aliphatic hydroxyl groups is 3. The zero-order valence-corrected chi connectivity index (χ0v) is 16.4. The molecule has 5 N–H and O–H groups in total. The monoisotopic (exact) mass is 423 g/mol. The van der Waals surface area contributed by atoms with Crippen LogP contribution < -0.4 is 5.73 Å². The Morgan fingerprint density at radius 2 is 1.87 bits per heavy atom. The number of rotatable bonds is 5. The lowest BCUT2D eigenvalue weighted by Crippen LogP contribution is -2.33. The van der Waals surface area contributed by atoms with Gasteiger partial charge in [-0.2, -0.15) is 5.10 Å². The average molecular weight is 423 g/mol. The Morgan fingerprint density at radius 1 is 1.06 bits per heavy atom. The fourth-order valence-electron chi connectivity index (χ4n) is 3.69. The van der Waals surface area contributed by atoms with Crippen LogP contribution >= 0.6 is 0 Å². The van der Waals surface area contributed by atoms with E-state index in [1.165, 1.54) is 10.9 Å². The Kier molecular flexibility index (Phi) is 4.87. The van der Waals surface area contributed by atoms with E-state index in [9.17, 15) is 15.3 Å². The van der Waals surface area contributed by atoms with Crippen molar-refractivity contribution in [2.45, 2.75) is 31.1 Å². The summed E-state index contributed by atoms with van der Waals surface area (Å²) in [7, 11) is 0. The number of imidazole rings is 1. The molecule has 1 fully saturated rings. The third-order valence-electron chi connectivity index (χ3n) is 5.30. The summed E-state index contributed by atoms with van der Waals surface area (Å²) in [6.45, 7) is 0.168. The van der Waals surface area contributed by atoms with Crippen molar-refractivity contribution < 1.29 is 20.1 Å². The zero-order chi connectivity index (χ0) is 21.5. The van der Waals surface area contributed by atoms with E-state index in [1.54, 1.807) is 10.7 Å². The molecule has 1 aromatic carbocycles. The number of nitrogens with two attached hydrogens (primary N) is 1. The van der Waals surface area contributed by atoms with Gasteiger partial charge in [0, 0.05) is 6.20 Å². The highest BCUT2D eigenvalue weighted by Crippen LogP contribution is 2.32. The fourth-order valence-corrected chi connectivity index (χ4v) is 3.69. The van der Waals surface area contributed by atoms with Crippen molar-refractivity contribution in [2.75, 3.05) is 12.3 Å². The highest BCUT2D eigenvalue weighted by atomic mass is 16.6. The highest BCUT2D eigenvalue weighted by Gasteiger charge is 2.44. The number of fused-ring (bicyclic) bond motifs is 1. The molecule has 1 saturated heterocycles. The summed E-state index contributed by atoms with van der Waals surface area (Å²) >= 11 is 0. The van der Waals surface area contributed by atoms with Gasteiger partial charge in [0.15, 0.2) is 23.5 Å². The number of hydrogen-bond acceptors (Lipinski definition) is 9. The number of aliphatic hydroxyl groups excluding tert-OH is 3. The second-order valence-corrected chi connectivity index (χ2v) is 7.37. The normalized spacial score (nSPS) is 23.6. The molecular weight excluding hydrogens is 402 g/mol. The summed E-state index contributed by atoms with van der Waals surface area (Å²) in [5, 5.41) is 34.3. The largest absolute Gasteiger partial charge is 0.394 e. The molecule has 3 aromatic heterocycles. The molecule has 0 amide bonds. The zero-order valence-electron chi connectivity index (χ0n) is 16.4. The molecule has 0 bridgehead atoms. The van der Waals surface area contributed by atoms with Gasteiger partial charge < -0.3 is 25.8 Å². The summed E-state index contributed by atoms with van der Waals surface area (Å²) < 4.78 is 8.84. The molecule has 4 heterocycles. The van der Waals surface area contributed by atoms with Gasteiger partial charge in [-0.3, -0.25) is 9.25 Å². The Labute approximate surface area is 176 Å². The van der Waals surface area contributed by atoms with E-state index in [2.05, 4.69) is 20.1 Å². The molecule has 0 spiro atoms. The number of aromatic nitrogens is 6. The Morgan fingerprint density at radius 3 is 2.61 bits per heavy atom. The van der Waals surface area contributed by atoms with E-state index >= 15 is 0 Å². The maximum atomic E-state index is 10.4. The van der Waals surface area contributed by atoms with Gasteiger partial charge in [-0.15, -0.1) is 0 Å². The first kappa shape index (κ1) is 19.6. The molecule has 5 rings (SSSR count). The molecule has 160 valence electrons. The summed E-state index contributed by atoms with van der Waals surface area (Å²) in [4.78, 5) is 13.1. The molecule has 0 saturated carbocycles. The van der Waals surface area contributed by atoms with Crippen LogP contribution in [0.5, 0.6) is 0 Å². The van der Waals surface area contributed by atoms with E-state index in [0.717, 1.165) is 5.56 Å². The summed E-state index contributed by atoms with van der Waals surface area (Å²) in [5.74, 6) is 0.452. The van der Waals surface area contributed by atoms with Gasteiger partial charge in [0.2, 0.25) is 0 Å². The SMILES string of the molecule is Nc1nc(-c2ccn(Cc3ccccc3)n2)nc2c1ncn2[C@@H]1O[C@H](CO)[C@@H](O)[C@H]1O. The molecule has 4 aromatic rings. The maximum absolute atomic E-state index is 10.4. The van der Waals surface area contributed by atoms with Gasteiger partial charge in [-0.1, -0.05) is 30.3 Å². The first-order valence-electron chi connectivity index (χ1n) is 9.75. The number of anilines is 1. The van der Waals surface area contributed by atoms with E-state index in [1.807, 2.05) is 36.5 Å². The van der Waals surface area contributed by atoms with Crippen molar-refractivity contribution in [3.05, 3.63) is 54.5 Å². The minimum atomic E-state index is -1.26. The van der Waals surface area contributed by atoms with Crippen molar-refractivity contribution in [3.63, 3.8) is 0 Å². The second-order valence-electron chi connectivity index (χ2n) is 7.37. The average Bonchev–Trinajstić information content (AvgIpc) is 3.48. The molecule has 1 aliphatic heterocycles. The van der Waals surface area contributed by atoms with Crippen LogP contribution in [0.2, 0.25) is 0 Å². The fraction of sp³-hybridized carbons (Fsp3) is 0.300. The van der Waals surface area contributed by atoms with E-state index < -0.39 is 31.1 Å². The third kappa shape index (κ3) is 3.43. The number of benzene rings is 1. The van der Waals surface area contributed by atoms with Crippen molar-refractivity contribution in [1.82, 2.24) is 29.3 Å². The molecule has 31 heavy (non-hydrogen) atoms. The Bertz CT molecular complexity index is 1210. The lowest BCUT2D eigenvalue weighted by molar-refractivity contribution is -0.0511. The van der Waals surface area contributed by atoms with Crippen LogP contribution in [0.15, 0.2) is 48.9 Å². The van der Waals surface area contributed by atoms with Crippen molar-refractivity contribution in [3.8, 4) is 11.5 Å². The number of hydrogen-bond donors (Lipinski definition) is 4. The Balaban J connectivity index is 1.49. The van der Waals surface area contributed by atoms with Crippen LogP contribution in [0.4, 0.5) is 5.82 Å². The predicted molar refractivity (Wildman–Crippen MR) is 110 cm³/mol. The van der Waals surface area contributed by atoms with E-state index in [0.29, 0.717) is 29.2 Å². The third-order valence-corrected chi connectivity index (χ3v) is 5.30. The molecule has 1 aliphatic rings. The number of nitrogen functional groups attached to an aromatic ring is 1. The van der Waals surface area contributed by atoms with Gasteiger partial charge in [0.1, 0.15) is 29.5 Å². The molecule has 0 unspecified atom stereocenters.